The van der Waals surface area contributed by atoms with Crippen molar-refractivity contribution in [2.45, 2.75) is 19.4 Å². The second kappa shape index (κ2) is 6.48. The molecule has 118 valence electrons. The molecule has 3 aromatic rings. The topological polar surface area (TPSA) is 59.2 Å². The molecular weight excluding hydrogens is 319 g/mol. The quantitative estimate of drug-likeness (QED) is 0.781. The lowest BCUT2D eigenvalue weighted by atomic mass is 9.99. The number of aliphatic hydroxyl groups excluding tert-OH is 1. The van der Waals surface area contributed by atoms with Gasteiger partial charge in [0, 0.05) is 17.5 Å². The van der Waals surface area contributed by atoms with Gasteiger partial charge in [0.15, 0.2) is 0 Å². The minimum atomic E-state index is -1.07. The van der Waals surface area contributed by atoms with E-state index in [1.54, 1.807) is 31.2 Å². The zero-order chi connectivity index (χ0) is 16.4. The Morgan fingerprint density at radius 2 is 1.83 bits per heavy atom. The van der Waals surface area contributed by atoms with E-state index in [9.17, 15) is 9.50 Å². The van der Waals surface area contributed by atoms with E-state index in [1.807, 2.05) is 12.1 Å². The predicted molar refractivity (Wildman–Crippen MR) is 84.5 cm³/mol. The summed E-state index contributed by atoms with van der Waals surface area (Å²) in [5.74, 6) is 0.195. The van der Waals surface area contributed by atoms with Crippen molar-refractivity contribution in [1.82, 2.24) is 10.2 Å². The van der Waals surface area contributed by atoms with Crippen LogP contribution in [0.5, 0.6) is 0 Å². The molecule has 0 bridgehead atoms. The van der Waals surface area contributed by atoms with Crippen LogP contribution in [0, 0.1) is 12.7 Å². The van der Waals surface area contributed by atoms with E-state index in [-0.39, 0.29) is 17.9 Å². The van der Waals surface area contributed by atoms with Crippen molar-refractivity contribution in [3.63, 3.8) is 0 Å². The molecule has 1 aromatic heterocycles. The predicted octanol–water partition coefficient (Wildman–Crippen LogP) is 4.11. The molecule has 4 nitrogen and oxygen atoms in total. The van der Waals surface area contributed by atoms with Crippen LogP contribution >= 0.6 is 11.6 Å². The third-order valence-electron chi connectivity index (χ3n) is 3.47. The van der Waals surface area contributed by atoms with Gasteiger partial charge in [-0.1, -0.05) is 29.8 Å². The molecule has 0 aliphatic heterocycles. The zero-order valence-corrected chi connectivity index (χ0v) is 13.1. The van der Waals surface area contributed by atoms with Crippen LogP contribution in [-0.4, -0.2) is 15.3 Å². The van der Waals surface area contributed by atoms with E-state index < -0.39 is 11.9 Å². The summed E-state index contributed by atoms with van der Waals surface area (Å²) in [7, 11) is 0. The summed E-state index contributed by atoms with van der Waals surface area (Å²) in [5.41, 5.74) is 1.86. The number of aryl methyl sites for hydroxylation is 1. The number of hydrogen-bond donors (Lipinski definition) is 1. The average Bonchev–Trinajstić information content (AvgIpc) is 2.93. The van der Waals surface area contributed by atoms with Gasteiger partial charge in [-0.15, -0.1) is 10.2 Å². The second-order valence-corrected chi connectivity index (χ2v) is 5.61. The average molecular weight is 333 g/mol. The molecule has 1 N–H and O–H groups in total. The number of aliphatic hydroxyl groups is 1. The number of rotatable bonds is 4. The Morgan fingerprint density at radius 1 is 1.13 bits per heavy atom. The molecule has 0 saturated carbocycles. The standard InChI is InChI=1S/C17H14ClFN2O2/c1-10-20-21-17(23-10)9-16(22)14-8-12(4-7-15(14)19)11-2-5-13(18)6-3-11/h2-8,16,22H,9H2,1H3. The summed E-state index contributed by atoms with van der Waals surface area (Å²) in [6.07, 6.45) is -1.01. The van der Waals surface area contributed by atoms with Crippen LogP contribution in [-0.2, 0) is 6.42 Å². The Kier molecular flexibility index (Phi) is 4.41. The lowest BCUT2D eigenvalue weighted by Gasteiger charge is -2.12. The molecule has 3 rings (SSSR count). The first-order chi connectivity index (χ1) is 11.0. The molecular formula is C17H14ClFN2O2. The van der Waals surface area contributed by atoms with E-state index in [0.29, 0.717) is 10.9 Å². The first-order valence-corrected chi connectivity index (χ1v) is 7.43. The molecule has 1 unspecified atom stereocenters. The maximum atomic E-state index is 14.1. The van der Waals surface area contributed by atoms with Gasteiger partial charge in [0.2, 0.25) is 11.8 Å². The summed E-state index contributed by atoms with van der Waals surface area (Å²) >= 11 is 5.88. The third kappa shape index (κ3) is 3.57. The van der Waals surface area contributed by atoms with E-state index in [0.717, 1.165) is 11.1 Å². The van der Waals surface area contributed by atoms with E-state index >= 15 is 0 Å². The highest BCUT2D eigenvalue weighted by atomic mass is 35.5. The fourth-order valence-corrected chi connectivity index (χ4v) is 2.44. The van der Waals surface area contributed by atoms with Crippen LogP contribution in [0.4, 0.5) is 4.39 Å². The molecule has 23 heavy (non-hydrogen) atoms. The van der Waals surface area contributed by atoms with Crippen molar-refractivity contribution in [2.24, 2.45) is 0 Å². The fourth-order valence-electron chi connectivity index (χ4n) is 2.32. The van der Waals surface area contributed by atoms with E-state index in [1.165, 1.54) is 6.07 Å². The van der Waals surface area contributed by atoms with Gasteiger partial charge in [-0.05, 0) is 35.4 Å². The maximum Gasteiger partial charge on any atom is 0.219 e. The van der Waals surface area contributed by atoms with E-state index in [2.05, 4.69) is 10.2 Å². The molecule has 0 aliphatic carbocycles. The summed E-state index contributed by atoms with van der Waals surface area (Å²) < 4.78 is 19.3. The summed E-state index contributed by atoms with van der Waals surface area (Å²) in [6, 6.07) is 11.8. The maximum absolute atomic E-state index is 14.1. The first-order valence-electron chi connectivity index (χ1n) is 7.05. The fraction of sp³-hybridized carbons (Fsp3) is 0.176. The van der Waals surface area contributed by atoms with Gasteiger partial charge in [-0.3, -0.25) is 0 Å². The number of benzene rings is 2. The monoisotopic (exact) mass is 332 g/mol. The van der Waals surface area contributed by atoms with Gasteiger partial charge >= 0.3 is 0 Å². The highest BCUT2D eigenvalue weighted by molar-refractivity contribution is 6.30. The number of nitrogens with zero attached hydrogens (tertiary/aromatic N) is 2. The molecule has 0 spiro atoms. The second-order valence-electron chi connectivity index (χ2n) is 5.18. The summed E-state index contributed by atoms with van der Waals surface area (Å²) in [6.45, 7) is 1.66. The minimum absolute atomic E-state index is 0.0574. The van der Waals surface area contributed by atoms with Crippen molar-refractivity contribution in [2.75, 3.05) is 0 Å². The Morgan fingerprint density at radius 3 is 2.48 bits per heavy atom. The van der Waals surface area contributed by atoms with Crippen LogP contribution in [0.2, 0.25) is 5.02 Å². The number of halogens is 2. The Balaban J connectivity index is 1.89. The van der Waals surface area contributed by atoms with Crippen molar-refractivity contribution in [3.05, 3.63) is 70.6 Å². The Bertz CT molecular complexity index is 818. The highest BCUT2D eigenvalue weighted by Gasteiger charge is 2.17. The molecule has 1 atom stereocenters. The smallest absolute Gasteiger partial charge is 0.219 e. The van der Waals surface area contributed by atoms with Gasteiger partial charge in [-0.25, -0.2) is 4.39 Å². The van der Waals surface area contributed by atoms with Crippen LogP contribution in [0.15, 0.2) is 46.9 Å². The lowest BCUT2D eigenvalue weighted by Crippen LogP contribution is -2.05. The number of aromatic nitrogens is 2. The van der Waals surface area contributed by atoms with Crippen molar-refractivity contribution in [3.8, 4) is 11.1 Å². The van der Waals surface area contributed by atoms with Crippen molar-refractivity contribution in [1.29, 1.82) is 0 Å². The van der Waals surface area contributed by atoms with Crippen LogP contribution in [0.3, 0.4) is 0 Å². The van der Waals surface area contributed by atoms with Gasteiger partial charge < -0.3 is 9.52 Å². The summed E-state index contributed by atoms with van der Waals surface area (Å²) in [5, 5.41) is 18.4. The SMILES string of the molecule is Cc1nnc(CC(O)c2cc(-c3ccc(Cl)cc3)ccc2F)o1. The molecule has 2 aromatic carbocycles. The number of hydrogen-bond acceptors (Lipinski definition) is 4. The zero-order valence-electron chi connectivity index (χ0n) is 12.3. The molecule has 0 amide bonds. The molecule has 6 heteroatoms. The Labute approximate surface area is 137 Å². The largest absolute Gasteiger partial charge is 0.425 e. The van der Waals surface area contributed by atoms with Gasteiger partial charge in [0.1, 0.15) is 5.82 Å². The molecule has 0 aliphatic rings. The van der Waals surface area contributed by atoms with Gasteiger partial charge in [-0.2, -0.15) is 0 Å². The Hall–Kier alpha value is -2.24. The third-order valence-corrected chi connectivity index (χ3v) is 3.72. The van der Waals surface area contributed by atoms with Crippen molar-refractivity contribution >= 4 is 11.6 Å². The van der Waals surface area contributed by atoms with Crippen LogP contribution < -0.4 is 0 Å². The van der Waals surface area contributed by atoms with Crippen LogP contribution in [0.1, 0.15) is 23.4 Å². The highest BCUT2D eigenvalue weighted by Crippen LogP contribution is 2.28. The molecule has 0 radical (unpaired) electrons. The minimum Gasteiger partial charge on any atom is -0.425 e. The van der Waals surface area contributed by atoms with Gasteiger partial charge in [0.05, 0.1) is 12.5 Å². The van der Waals surface area contributed by atoms with Gasteiger partial charge in [0.25, 0.3) is 0 Å². The van der Waals surface area contributed by atoms with E-state index in [4.69, 9.17) is 16.0 Å². The molecule has 0 saturated heterocycles. The van der Waals surface area contributed by atoms with Crippen molar-refractivity contribution < 1.29 is 13.9 Å². The van der Waals surface area contributed by atoms with Crippen LogP contribution in [0.25, 0.3) is 11.1 Å². The molecule has 1 heterocycles. The lowest BCUT2D eigenvalue weighted by molar-refractivity contribution is 0.163. The normalized spacial score (nSPS) is 12.3. The molecule has 0 fully saturated rings. The summed E-state index contributed by atoms with van der Waals surface area (Å²) in [4.78, 5) is 0. The first kappa shape index (κ1) is 15.6.